The van der Waals surface area contributed by atoms with Crippen LogP contribution in [0.3, 0.4) is 0 Å². The quantitative estimate of drug-likeness (QED) is 0.449. The first-order valence-corrected chi connectivity index (χ1v) is 8.44. The van der Waals surface area contributed by atoms with Gasteiger partial charge in [0.15, 0.2) is 17.5 Å². The Morgan fingerprint density at radius 3 is 2.24 bits per heavy atom. The molecular formula is C22H19F3. The second-order valence-electron chi connectivity index (χ2n) is 6.07. The van der Waals surface area contributed by atoms with Crippen molar-refractivity contribution in [1.82, 2.24) is 0 Å². The lowest BCUT2D eigenvalue weighted by Gasteiger charge is -2.12. The summed E-state index contributed by atoms with van der Waals surface area (Å²) in [5.74, 6) is -3.78. The lowest BCUT2D eigenvalue weighted by molar-refractivity contribution is 0.449. The second kappa shape index (κ2) is 7.56. The molecule has 128 valence electrons. The van der Waals surface area contributed by atoms with Crippen LogP contribution in [0.25, 0.3) is 22.3 Å². The molecule has 0 aliphatic rings. The molecule has 0 nitrogen and oxygen atoms in total. The van der Waals surface area contributed by atoms with E-state index in [9.17, 15) is 13.2 Å². The molecule has 0 amide bonds. The molecule has 0 heterocycles. The molecule has 3 aromatic carbocycles. The van der Waals surface area contributed by atoms with E-state index in [1.165, 1.54) is 11.6 Å². The van der Waals surface area contributed by atoms with Gasteiger partial charge in [0.1, 0.15) is 0 Å². The number of rotatable bonds is 5. The zero-order valence-corrected chi connectivity index (χ0v) is 14.0. The number of hydrogen-bond donors (Lipinski definition) is 0. The minimum Gasteiger partial charge on any atom is -0.204 e. The van der Waals surface area contributed by atoms with Crippen LogP contribution < -0.4 is 0 Å². The Kier molecular flexibility index (Phi) is 5.22. The van der Waals surface area contributed by atoms with Gasteiger partial charge in [0, 0.05) is 5.56 Å². The number of halogens is 3. The van der Waals surface area contributed by atoms with Crippen molar-refractivity contribution in [2.24, 2.45) is 0 Å². The smallest absolute Gasteiger partial charge is 0.195 e. The average molecular weight is 340 g/mol. The first kappa shape index (κ1) is 17.3. The number of aryl methyl sites for hydroxylation is 1. The van der Waals surface area contributed by atoms with Crippen molar-refractivity contribution in [1.29, 1.82) is 0 Å². The Balaban J connectivity index is 2.10. The molecule has 0 N–H and O–H groups in total. The summed E-state index contributed by atoms with van der Waals surface area (Å²) in [4.78, 5) is 0. The molecule has 0 spiro atoms. The molecule has 3 aromatic rings. The monoisotopic (exact) mass is 340 g/mol. The third-order valence-corrected chi connectivity index (χ3v) is 4.31. The van der Waals surface area contributed by atoms with Crippen molar-refractivity contribution >= 4 is 0 Å². The van der Waals surface area contributed by atoms with Crippen molar-refractivity contribution < 1.29 is 13.2 Å². The highest BCUT2D eigenvalue weighted by Crippen LogP contribution is 2.35. The SMILES string of the molecule is CCCCc1cccc(-c2ccccc2-c2ccc(F)c(F)c2F)c1. The molecule has 0 fully saturated rings. The fraction of sp³-hybridized carbons (Fsp3) is 0.182. The van der Waals surface area contributed by atoms with Crippen LogP contribution in [0.2, 0.25) is 0 Å². The highest BCUT2D eigenvalue weighted by atomic mass is 19.2. The highest BCUT2D eigenvalue weighted by molar-refractivity contribution is 5.83. The number of unbranched alkanes of at least 4 members (excludes halogenated alkanes) is 1. The van der Waals surface area contributed by atoms with Gasteiger partial charge in [-0.2, -0.15) is 0 Å². The van der Waals surface area contributed by atoms with Gasteiger partial charge in [0.05, 0.1) is 0 Å². The third kappa shape index (κ3) is 3.60. The van der Waals surface area contributed by atoms with Gasteiger partial charge >= 0.3 is 0 Å². The van der Waals surface area contributed by atoms with Crippen LogP contribution in [-0.4, -0.2) is 0 Å². The Bertz CT molecular complexity index is 884. The molecule has 0 bridgehead atoms. The maximum atomic E-state index is 14.3. The van der Waals surface area contributed by atoms with Crippen LogP contribution in [-0.2, 0) is 6.42 Å². The van der Waals surface area contributed by atoms with E-state index in [1.807, 2.05) is 24.3 Å². The van der Waals surface area contributed by atoms with E-state index >= 15 is 0 Å². The molecule has 0 aromatic heterocycles. The van der Waals surface area contributed by atoms with Crippen molar-refractivity contribution in [3.8, 4) is 22.3 Å². The summed E-state index contributed by atoms with van der Waals surface area (Å²) in [6.45, 7) is 2.14. The molecule has 0 aliphatic heterocycles. The van der Waals surface area contributed by atoms with Gasteiger partial charge in [-0.15, -0.1) is 0 Å². The van der Waals surface area contributed by atoms with Crippen LogP contribution in [0.15, 0.2) is 60.7 Å². The molecule has 3 rings (SSSR count). The van der Waals surface area contributed by atoms with Crippen LogP contribution in [0, 0.1) is 17.5 Å². The van der Waals surface area contributed by atoms with E-state index in [0.29, 0.717) is 5.56 Å². The average Bonchev–Trinajstić information content (AvgIpc) is 2.65. The summed E-state index contributed by atoms with van der Waals surface area (Å²) in [6, 6.07) is 17.5. The Morgan fingerprint density at radius 2 is 1.48 bits per heavy atom. The first-order valence-electron chi connectivity index (χ1n) is 8.44. The Labute approximate surface area is 146 Å². The summed E-state index contributed by atoms with van der Waals surface area (Å²) >= 11 is 0. The lowest BCUT2D eigenvalue weighted by atomic mass is 9.92. The summed E-state index contributed by atoms with van der Waals surface area (Å²) in [7, 11) is 0. The molecule has 25 heavy (non-hydrogen) atoms. The summed E-state index contributed by atoms with van der Waals surface area (Å²) < 4.78 is 41.2. The van der Waals surface area contributed by atoms with Gasteiger partial charge in [-0.1, -0.05) is 61.9 Å². The van der Waals surface area contributed by atoms with E-state index in [0.717, 1.165) is 36.5 Å². The molecule has 0 unspecified atom stereocenters. The molecule has 0 radical (unpaired) electrons. The number of benzene rings is 3. The van der Waals surface area contributed by atoms with E-state index < -0.39 is 17.5 Å². The minimum atomic E-state index is -1.44. The largest absolute Gasteiger partial charge is 0.204 e. The van der Waals surface area contributed by atoms with Crippen LogP contribution in [0.5, 0.6) is 0 Å². The van der Waals surface area contributed by atoms with Gasteiger partial charge in [0.2, 0.25) is 0 Å². The van der Waals surface area contributed by atoms with Gasteiger partial charge in [-0.3, -0.25) is 0 Å². The topological polar surface area (TPSA) is 0 Å². The number of hydrogen-bond acceptors (Lipinski definition) is 0. The van der Waals surface area contributed by atoms with E-state index in [4.69, 9.17) is 0 Å². The predicted octanol–water partition coefficient (Wildman–Crippen LogP) is 6.78. The highest BCUT2D eigenvalue weighted by Gasteiger charge is 2.17. The first-order chi connectivity index (χ1) is 12.1. The fourth-order valence-corrected chi connectivity index (χ4v) is 2.98. The normalized spacial score (nSPS) is 10.9. The Hall–Kier alpha value is -2.55. The molecule has 3 heteroatoms. The third-order valence-electron chi connectivity index (χ3n) is 4.31. The molecular weight excluding hydrogens is 321 g/mol. The molecule has 0 atom stereocenters. The summed E-state index contributed by atoms with van der Waals surface area (Å²) in [5, 5.41) is 0. The van der Waals surface area contributed by atoms with Crippen molar-refractivity contribution in [3.05, 3.63) is 83.7 Å². The van der Waals surface area contributed by atoms with Gasteiger partial charge in [0.25, 0.3) is 0 Å². The zero-order valence-electron chi connectivity index (χ0n) is 14.0. The van der Waals surface area contributed by atoms with E-state index in [1.54, 1.807) is 12.1 Å². The second-order valence-corrected chi connectivity index (χ2v) is 6.07. The molecule has 0 aliphatic carbocycles. The standard InChI is InChI=1S/C22H19F3/c1-2-3-7-15-8-6-9-16(14-15)17-10-4-5-11-18(17)19-12-13-20(23)22(25)21(19)24/h4-6,8-14H,2-3,7H2,1H3. The lowest BCUT2D eigenvalue weighted by Crippen LogP contribution is -1.95. The maximum Gasteiger partial charge on any atom is 0.195 e. The van der Waals surface area contributed by atoms with Crippen molar-refractivity contribution in [2.75, 3.05) is 0 Å². The van der Waals surface area contributed by atoms with Gasteiger partial charge in [-0.25, -0.2) is 13.2 Å². The maximum absolute atomic E-state index is 14.3. The predicted molar refractivity (Wildman–Crippen MR) is 95.8 cm³/mol. The molecule has 0 saturated heterocycles. The summed E-state index contributed by atoms with van der Waals surface area (Å²) in [5.41, 5.74) is 3.55. The van der Waals surface area contributed by atoms with Gasteiger partial charge < -0.3 is 0 Å². The van der Waals surface area contributed by atoms with E-state index in [2.05, 4.69) is 19.1 Å². The fourth-order valence-electron chi connectivity index (χ4n) is 2.98. The van der Waals surface area contributed by atoms with Crippen LogP contribution in [0.4, 0.5) is 13.2 Å². The van der Waals surface area contributed by atoms with Crippen LogP contribution in [0.1, 0.15) is 25.3 Å². The van der Waals surface area contributed by atoms with Crippen molar-refractivity contribution in [3.63, 3.8) is 0 Å². The van der Waals surface area contributed by atoms with Gasteiger partial charge in [-0.05, 0) is 47.2 Å². The van der Waals surface area contributed by atoms with Crippen molar-refractivity contribution in [2.45, 2.75) is 26.2 Å². The van der Waals surface area contributed by atoms with E-state index in [-0.39, 0.29) is 5.56 Å². The minimum absolute atomic E-state index is 0.0634. The summed E-state index contributed by atoms with van der Waals surface area (Å²) in [6.07, 6.45) is 3.19. The zero-order chi connectivity index (χ0) is 17.8. The van der Waals surface area contributed by atoms with Crippen LogP contribution >= 0.6 is 0 Å². The Morgan fingerprint density at radius 1 is 0.720 bits per heavy atom. The molecule has 0 saturated carbocycles.